The van der Waals surface area contributed by atoms with E-state index in [9.17, 15) is 4.79 Å². The minimum atomic E-state index is -0.959. The fraction of sp³-hybridized carbons (Fsp3) is 0.125. The first-order valence-corrected chi connectivity index (χ1v) is 6.77. The van der Waals surface area contributed by atoms with Crippen molar-refractivity contribution in [1.82, 2.24) is 0 Å². The molecule has 0 spiro atoms. The third-order valence-corrected chi connectivity index (χ3v) is 3.46. The summed E-state index contributed by atoms with van der Waals surface area (Å²) in [4.78, 5) is 10.9. The summed E-state index contributed by atoms with van der Waals surface area (Å²) in [6.07, 6.45) is 1.02. The fourth-order valence-corrected chi connectivity index (χ4v) is 2.30. The van der Waals surface area contributed by atoms with Gasteiger partial charge < -0.3 is 10.3 Å². The molecular weight excluding hydrogens is 290 g/mol. The first-order valence-electron chi connectivity index (χ1n) is 6.40. The number of hydrogen-bond acceptors (Lipinski definition) is 3. The summed E-state index contributed by atoms with van der Waals surface area (Å²) < 4.78 is 0. The minimum Gasteiger partial charge on any atom is -0.478 e. The summed E-state index contributed by atoms with van der Waals surface area (Å²) >= 11 is 6.08. The van der Waals surface area contributed by atoms with E-state index in [1.54, 1.807) is 36.4 Å². The fourth-order valence-electron chi connectivity index (χ4n) is 2.06. The van der Waals surface area contributed by atoms with E-state index in [4.69, 9.17) is 21.9 Å². The normalized spacial score (nSPS) is 11.4. The van der Waals surface area contributed by atoms with Crippen LogP contribution in [0, 0.1) is 0 Å². The first-order chi connectivity index (χ1) is 10.1. The monoisotopic (exact) mass is 303 g/mol. The molecule has 2 N–H and O–H groups in total. The Balaban J connectivity index is 2.13. The summed E-state index contributed by atoms with van der Waals surface area (Å²) in [6.45, 7) is 0. The van der Waals surface area contributed by atoms with Crippen LogP contribution in [0.25, 0.3) is 0 Å². The largest absolute Gasteiger partial charge is 0.478 e. The van der Waals surface area contributed by atoms with Crippen LogP contribution in [0.4, 0.5) is 0 Å². The molecule has 108 valence electrons. The van der Waals surface area contributed by atoms with Crippen LogP contribution in [-0.2, 0) is 6.42 Å². The Morgan fingerprint density at radius 3 is 2.57 bits per heavy atom. The van der Waals surface area contributed by atoms with E-state index in [0.29, 0.717) is 29.1 Å². The lowest BCUT2D eigenvalue weighted by molar-refractivity contribution is 0.0696. The van der Waals surface area contributed by atoms with Crippen molar-refractivity contribution in [3.05, 3.63) is 70.2 Å². The maximum Gasteiger partial charge on any atom is 0.335 e. The highest BCUT2D eigenvalue weighted by molar-refractivity contribution is 6.34. The van der Waals surface area contributed by atoms with Crippen LogP contribution in [0.1, 0.15) is 27.9 Å². The quantitative estimate of drug-likeness (QED) is 0.501. The highest BCUT2D eigenvalue weighted by Crippen LogP contribution is 2.19. The smallest absolute Gasteiger partial charge is 0.335 e. The van der Waals surface area contributed by atoms with Crippen molar-refractivity contribution in [1.29, 1.82) is 0 Å². The number of rotatable bonds is 5. The molecule has 2 aromatic carbocycles. The average Bonchev–Trinajstić information content (AvgIpc) is 2.50. The Hall–Kier alpha value is -2.33. The Morgan fingerprint density at radius 2 is 1.90 bits per heavy atom. The highest BCUT2D eigenvalue weighted by atomic mass is 35.5. The van der Waals surface area contributed by atoms with Crippen LogP contribution in [0.2, 0.25) is 5.02 Å². The highest BCUT2D eigenvalue weighted by Gasteiger charge is 2.10. The van der Waals surface area contributed by atoms with E-state index in [1.165, 1.54) is 0 Å². The Morgan fingerprint density at radius 1 is 1.14 bits per heavy atom. The number of hydrogen-bond donors (Lipinski definition) is 2. The van der Waals surface area contributed by atoms with Crippen molar-refractivity contribution < 1.29 is 15.1 Å². The van der Waals surface area contributed by atoms with Gasteiger partial charge in [0.2, 0.25) is 0 Å². The van der Waals surface area contributed by atoms with Gasteiger partial charge in [0.25, 0.3) is 0 Å². The molecule has 0 aliphatic carbocycles. The molecule has 0 bridgehead atoms. The molecule has 0 fully saturated rings. The number of carbonyl (C=O) groups is 1. The molecular formula is C16H14ClNO3. The van der Waals surface area contributed by atoms with Gasteiger partial charge in [-0.1, -0.05) is 47.1 Å². The molecule has 5 heteroatoms. The Labute approximate surface area is 127 Å². The van der Waals surface area contributed by atoms with Gasteiger partial charge in [0.05, 0.1) is 11.3 Å². The van der Waals surface area contributed by atoms with Gasteiger partial charge >= 0.3 is 5.97 Å². The van der Waals surface area contributed by atoms with E-state index in [-0.39, 0.29) is 5.56 Å². The van der Waals surface area contributed by atoms with Gasteiger partial charge in [-0.15, -0.1) is 0 Å². The zero-order valence-electron chi connectivity index (χ0n) is 11.2. The molecule has 21 heavy (non-hydrogen) atoms. The molecule has 2 aromatic rings. The number of carboxylic acid groups (broad SMARTS) is 1. The maximum atomic E-state index is 10.9. The van der Waals surface area contributed by atoms with Crippen LogP contribution >= 0.6 is 11.6 Å². The number of oxime groups is 1. The molecule has 0 unspecified atom stereocenters. The van der Waals surface area contributed by atoms with Gasteiger partial charge in [-0.05, 0) is 36.6 Å². The molecule has 0 amide bonds. The van der Waals surface area contributed by atoms with Gasteiger partial charge in [0.1, 0.15) is 0 Å². The van der Waals surface area contributed by atoms with Crippen molar-refractivity contribution in [3.63, 3.8) is 0 Å². The second kappa shape index (κ2) is 6.90. The van der Waals surface area contributed by atoms with E-state index in [0.717, 1.165) is 5.56 Å². The first kappa shape index (κ1) is 15.1. The standard InChI is InChI=1S/C16H14ClNO3/c17-14-7-2-1-6-13(14)15(18-21)9-8-11-4-3-5-12(10-11)16(19)20/h1-7,10,21H,8-9H2,(H,19,20)/b18-15+. The molecule has 0 aromatic heterocycles. The van der Waals surface area contributed by atoms with Crippen LogP contribution in [0.3, 0.4) is 0 Å². The second-order valence-corrected chi connectivity index (χ2v) is 4.94. The predicted molar refractivity (Wildman–Crippen MR) is 81.5 cm³/mol. The van der Waals surface area contributed by atoms with Crippen molar-refractivity contribution in [2.75, 3.05) is 0 Å². The molecule has 2 rings (SSSR count). The van der Waals surface area contributed by atoms with E-state index >= 15 is 0 Å². The molecule has 0 saturated carbocycles. The second-order valence-electron chi connectivity index (χ2n) is 4.53. The summed E-state index contributed by atoms with van der Waals surface area (Å²) in [7, 11) is 0. The topological polar surface area (TPSA) is 69.9 Å². The minimum absolute atomic E-state index is 0.243. The van der Waals surface area contributed by atoms with E-state index < -0.39 is 5.97 Å². The average molecular weight is 304 g/mol. The van der Waals surface area contributed by atoms with Crippen LogP contribution in [0.5, 0.6) is 0 Å². The zero-order chi connectivity index (χ0) is 15.2. The van der Waals surface area contributed by atoms with Crippen LogP contribution < -0.4 is 0 Å². The number of aryl methyl sites for hydroxylation is 1. The molecule has 0 radical (unpaired) electrons. The molecule has 0 aliphatic heterocycles. The van der Waals surface area contributed by atoms with Gasteiger partial charge in [0.15, 0.2) is 0 Å². The number of nitrogens with zero attached hydrogens (tertiary/aromatic N) is 1. The van der Waals surface area contributed by atoms with Gasteiger partial charge in [-0.3, -0.25) is 0 Å². The number of carboxylic acids is 1. The number of aromatic carboxylic acids is 1. The maximum absolute atomic E-state index is 10.9. The van der Waals surface area contributed by atoms with E-state index in [1.807, 2.05) is 12.1 Å². The Bertz CT molecular complexity index is 683. The predicted octanol–water partition coefficient (Wildman–Crippen LogP) is 3.85. The van der Waals surface area contributed by atoms with Crippen molar-refractivity contribution >= 4 is 23.3 Å². The lowest BCUT2D eigenvalue weighted by Gasteiger charge is -2.07. The zero-order valence-corrected chi connectivity index (χ0v) is 11.9. The van der Waals surface area contributed by atoms with E-state index in [2.05, 4.69) is 5.16 Å². The molecule has 0 aliphatic rings. The summed E-state index contributed by atoms with van der Waals surface area (Å²) in [5.41, 5.74) is 2.26. The third-order valence-electron chi connectivity index (χ3n) is 3.13. The van der Waals surface area contributed by atoms with Gasteiger partial charge in [0, 0.05) is 10.6 Å². The summed E-state index contributed by atoms with van der Waals surface area (Å²) in [5.74, 6) is -0.959. The molecule has 0 heterocycles. The summed E-state index contributed by atoms with van der Waals surface area (Å²) in [6, 6.07) is 13.8. The lowest BCUT2D eigenvalue weighted by atomic mass is 10.0. The van der Waals surface area contributed by atoms with Crippen LogP contribution in [0.15, 0.2) is 53.7 Å². The van der Waals surface area contributed by atoms with Gasteiger partial charge in [-0.25, -0.2) is 4.79 Å². The van der Waals surface area contributed by atoms with Crippen molar-refractivity contribution in [2.24, 2.45) is 5.16 Å². The molecule has 4 nitrogen and oxygen atoms in total. The van der Waals surface area contributed by atoms with Gasteiger partial charge in [-0.2, -0.15) is 0 Å². The molecule has 0 atom stereocenters. The molecule has 0 saturated heterocycles. The summed E-state index contributed by atoms with van der Waals surface area (Å²) in [5, 5.41) is 22.0. The number of halogens is 1. The van der Waals surface area contributed by atoms with Crippen molar-refractivity contribution in [2.45, 2.75) is 12.8 Å². The Kier molecular flexibility index (Phi) is 4.95. The SMILES string of the molecule is O=C(O)c1cccc(CC/C(=N\O)c2ccccc2Cl)c1. The lowest BCUT2D eigenvalue weighted by Crippen LogP contribution is -2.05. The van der Waals surface area contributed by atoms with Crippen LogP contribution in [-0.4, -0.2) is 22.0 Å². The third kappa shape index (κ3) is 3.83. The number of benzene rings is 2. The van der Waals surface area contributed by atoms with Crippen molar-refractivity contribution in [3.8, 4) is 0 Å².